The van der Waals surface area contributed by atoms with Crippen LogP contribution in [0.25, 0.3) is 11.3 Å². The van der Waals surface area contributed by atoms with Crippen molar-refractivity contribution in [3.8, 4) is 11.3 Å². The van der Waals surface area contributed by atoms with Gasteiger partial charge in [-0.2, -0.15) is 0 Å². The molecule has 0 aliphatic rings. The predicted molar refractivity (Wildman–Crippen MR) is 71.4 cm³/mol. The maximum atomic E-state index is 6.15. The minimum atomic E-state index is 0.548. The van der Waals surface area contributed by atoms with Gasteiger partial charge in [0.2, 0.25) is 0 Å². The highest BCUT2D eigenvalue weighted by Gasteiger charge is 2.09. The highest BCUT2D eigenvalue weighted by Crippen LogP contribution is 2.32. The van der Waals surface area contributed by atoms with Gasteiger partial charge in [-0.05, 0) is 12.6 Å². The van der Waals surface area contributed by atoms with Crippen LogP contribution in [0.15, 0.2) is 24.4 Å². The van der Waals surface area contributed by atoms with E-state index >= 15 is 0 Å². The molecule has 0 saturated heterocycles. The number of imidazole rings is 1. The van der Waals surface area contributed by atoms with E-state index in [0.29, 0.717) is 16.6 Å². The Hall–Kier alpha value is -1.03. The summed E-state index contributed by atoms with van der Waals surface area (Å²) in [6.07, 6.45) is 1.77. The van der Waals surface area contributed by atoms with Crippen molar-refractivity contribution in [2.45, 2.75) is 13.5 Å². The highest BCUT2D eigenvalue weighted by atomic mass is 35.5. The lowest BCUT2D eigenvalue weighted by Gasteiger charge is -2.02. The van der Waals surface area contributed by atoms with Crippen molar-refractivity contribution in [1.29, 1.82) is 0 Å². The molecule has 0 fully saturated rings. The first kappa shape index (κ1) is 12.4. The average Bonchev–Trinajstić information content (AvgIpc) is 2.78. The smallest absolute Gasteiger partial charge is 0.120 e. The number of aromatic amines is 1. The van der Waals surface area contributed by atoms with Gasteiger partial charge >= 0.3 is 0 Å². The Balaban J connectivity index is 2.27. The number of nitrogens with one attached hydrogen (secondary N) is 2. The van der Waals surface area contributed by atoms with Crippen LogP contribution in [0.1, 0.15) is 12.7 Å². The van der Waals surface area contributed by atoms with Crippen LogP contribution >= 0.6 is 23.2 Å². The lowest BCUT2D eigenvalue weighted by atomic mass is 10.2. The van der Waals surface area contributed by atoms with Gasteiger partial charge in [-0.1, -0.05) is 42.3 Å². The number of nitrogens with zero attached hydrogens (tertiary/aromatic N) is 1. The number of benzene rings is 1. The molecule has 0 atom stereocenters. The molecular weight excluding hydrogens is 257 g/mol. The SMILES string of the molecule is CCNCc1ncc(-c2cccc(Cl)c2Cl)[nH]1. The lowest BCUT2D eigenvalue weighted by molar-refractivity contribution is 0.698. The van der Waals surface area contributed by atoms with Gasteiger partial charge < -0.3 is 10.3 Å². The van der Waals surface area contributed by atoms with Crippen molar-refractivity contribution in [3.05, 3.63) is 40.3 Å². The largest absolute Gasteiger partial charge is 0.341 e. The summed E-state index contributed by atoms with van der Waals surface area (Å²) in [5.41, 5.74) is 1.75. The summed E-state index contributed by atoms with van der Waals surface area (Å²) in [4.78, 5) is 7.50. The molecule has 0 aliphatic heterocycles. The number of H-pyrrole nitrogens is 1. The number of hydrogen-bond acceptors (Lipinski definition) is 2. The van der Waals surface area contributed by atoms with Crippen molar-refractivity contribution in [2.75, 3.05) is 6.54 Å². The molecule has 0 radical (unpaired) electrons. The molecule has 0 unspecified atom stereocenters. The molecule has 1 aromatic heterocycles. The van der Waals surface area contributed by atoms with Crippen molar-refractivity contribution in [1.82, 2.24) is 15.3 Å². The third-order valence-electron chi connectivity index (χ3n) is 2.41. The molecule has 17 heavy (non-hydrogen) atoms. The molecule has 0 aliphatic carbocycles. The van der Waals surface area contributed by atoms with E-state index in [9.17, 15) is 0 Å². The lowest BCUT2D eigenvalue weighted by Crippen LogP contribution is -2.12. The van der Waals surface area contributed by atoms with Crippen LogP contribution in [0.5, 0.6) is 0 Å². The Morgan fingerprint density at radius 2 is 2.18 bits per heavy atom. The monoisotopic (exact) mass is 269 g/mol. The van der Waals surface area contributed by atoms with Gasteiger partial charge in [0, 0.05) is 5.56 Å². The number of hydrogen-bond donors (Lipinski definition) is 2. The Morgan fingerprint density at radius 3 is 2.94 bits per heavy atom. The van der Waals surface area contributed by atoms with Crippen molar-refractivity contribution in [2.24, 2.45) is 0 Å². The Kier molecular flexibility index (Phi) is 4.05. The Morgan fingerprint density at radius 1 is 1.35 bits per heavy atom. The van der Waals surface area contributed by atoms with Gasteiger partial charge in [-0.15, -0.1) is 0 Å². The molecular formula is C12H13Cl2N3. The second-order valence-electron chi connectivity index (χ2n) is 3.63. The summed E-state index contributed by atoms with van der Waals surface area (Å²) >= 11 is 12.1. The fraction of sp³-hybridized carbons (Fsp3) is 0.250. The molecule has 2 N–H and O–H groups in total. The fourth-order valence-corrected chi connectivity index (χ4v) is 1.95. The standard InChI is InChI=1S/C12H13Cl2N3/c1-2-15-7-11-16-6-10(17-11)8-4-3-5-9(13)12(8)14/h3-6,15H,2,7H2,1H3,(H,16,17). The third kappa shape index (κ3) is 2.80. The van der Waals surface area contributed by atoms with Gasteiger partial charge in [0.05, 0.1) is 28.5 Å². The summed E-state index contributed by atoms with van der Waals surface area (Å²) in [5, 5.41) is 4.30. The topological polar surface area (TPSA) is 40.7 Å². The summed E-state index contributed by atoms with van der Waals surface area (Å²) < 4.78 is 0. The molecule has 0 spiro atoms. The van der Waals surface area contributed by atoms with Crippen molar-refractivity contribution < 1.29 is 0 Å². The number of halogens is 2. The number of aromatic nitrogens is 2. The maximum Gasteiger partial charge on any atom is 0.120 e. The highest BCUT2D eigenvalue weighted by molar-refractivity contribution is 6.43. The minimum absolute atomic E-state index is 0.548. The fourth-order valence-electron chi connectivity index (χ4n) is 1.54. The van der Waals surface area contributed by atoms with Crippen molar-refractivity contribution in [3.63, 3.8) is 0 Å². The zero-order valence-electron chi connectivity index (χ0n) is 9.43. The second kappa shape index (κ2) is 5.54. The predicted octanol–water partition coefficient (Wildman–Crippen LogP) is 3.49. The van der Waals surface area contributed by atoms with Gasteiger partial charge in [-0.3, -0.25) is 0 Å². The van der Waals surface area contributed by atoms with Crippen LogP contribution in [0.4, 0.5) is 0 Å². The van der Waals surface area contributed by atoms with E-state index in [1.165, 1.54) is 0 Å². The first-order chi connectivity index (χ1) is 8.22. The minimum Gasteiger partial charge on any atom is -0.341 e. The first-order valence-electron chi connectivity index (χ1n) is 5.41. The maximum absolute atomic E-state index is 6.15. The number of rotatable bonds is 4. The van der Waals surface area contributed by atoms with Crippen LogP contribution < -0.4 is 5.32 Å². The van der Waals surface area contributed by atoms with E-state index in [4.69, 9.17) is 23.2 Å². The third-order valence-corrected chi connectivity index (χ3v) is 3.23. The van der Waals surface area contributed by atoms with Gasteiger partial charge in [0.25, 0.3) is 0 Å². The van der Waals surface area contributed by atoms with E-state index in [1.807, 2.05) is 12.1 Å². The average molecular weight is 270 g/mol. The Bertz CT molecular complexity index is 508. The summed E-state index contributed by atoms with van der Waals surface area (Å²) in [5.74, 6) is 0.887. The summed E-state index contributed by atoms with van der Waals surface area (Å²) in [7, 11) is 0. The van der Waals surface area contributed by atoms with Crippen LogP contribution in [0.2, 0.25) is 10.0 Å². The van der Waals surface area contributed by atoms with E-state index < -0.39 is 0 Å². The molecule has 5 heteroatoms. The zero-order valence-corrected chi connectivity index (χ0v) is 10.9. The van der Waals surface area contributed by atoms with E-state index in [1.54, 1.807) is 12.3 Å². The van der Waals surface area contributed by atoms with E-state index in [-0.39, 0.29) is 0 Å². The molecule has 1 heterocycles. The summed E-state index contributed by atoms with van der Waals surface area (Å²) in [6.45, 7) is 3.68. The van der Waals surface area contributed by atoms with Crippen LogP contribution in [-0.4, -0.2) is 16.5 Å². The summed E-state index contributed by atoms with van der Waals surface area (Å²) in [6, 6.07) is 5.55. The molecule has 1 aromatic carbocycles. The molecule has 2 rings (SSSR count). The zero-order chi connectivity index (χ0) is 12.3. The molecule has 0 amide bonds. The van der Waals surface area contributed by atoms with E-state index in [0.717, 1.165) is 23.6 Å². The van der Waals surface area contributed by atoms with Crippen LogP contribution in [-0.2, 0) is 6.54 Å². The van der Waals surface area contributed by atoms with Crippen LogP contribution in [0, 0.1) is 0 Å². The molecule has 0 saturated carbocycles. The normalized spacial score (nSPS) is 10.8. The molecule has 0 bridgehead atoms. The quantitative estimate of drug-likeness (QED) is 0.892. The van der Waals surface area contributed by atoms with Gasteiger partial charge in [0.15, 0.2) is 0 Å². The van der Waals surface area contributed by atoms with Gasteiger partial charge in [0.1, 0.15) is 5.82 Å². The van der Waals surface area contributed by atoms with Gasteiger partial charge in [-0.25, -0.2) is 4.98 Å². The molecule has 90 valence electrons. The van der Waals surface area contributed by atoms with Crippen LogP contribution in [0.3, 0.4) is 0 Å². The van der Waals surface area contributed by atoms with E-state index in [2.05, 4.69) is 22.2 Å². The molecule has 2 aromatic rings. The van der Waals surface area contributed by atoms with Crippen molar-refractivity contribution >= 4 is 23.2 Å². The molecule has 3 nitrogen and oxygen atoms in total. The Labute approximate surface area is 110 Å². The second-order valence-corrected chi connectivity index (χ2v) is 4.41. The first-order valence-corrected chi connectivity index (χ1v) is 6.17.